The van der Waals surface area contributed by atoms with Crippen LogP contribution in [0.15, 0.2) is 36.4 Å². The van der Waals surface area contributed by atoms with E-state index in [4.69, 9.17) is 9.47 Å². The lowest BCUT2D eigenvalue weighted by Crippen LogP contribution is -2.41. The second-order valence-electron chi connectivity index (χ2n) is 7.77. The number of ketones is 1. The van der Waals surface area contributed by atoms with Gasteiger partial charge in [0, 0.05) is 0 Å². The largest absolute Gasteiger partial charge is 0.497 e. The number of nitrogens with zero attached hydrogens (tertiary/aromatic N) is 1. The summed E-state index contributed by atoms with van der Waals surface area (Å²) in [5.74, 6) is -0.0123. The topological polar surface area (TPSA) is 84.9 Å². The number of ether oxygens (including phenoxy) is 2. The number of carbonyl (C=O) groups is 3. The molecular weight excluding hydrogens is 384 g/mol. The number of nitrogens with one attached hydrogen (secondary N) is 1. The normalized spacial score (nSPS) is 20.2. The lowest BCUT2D eigenvalue weighted by Gasteiger charge is -2.23. The van der Waals surface area contributed by atoms with Crippen molar-refractivity contribution in [1.29, 1.82) is 0 Å². The highest BCUT2D eigenvalue weighted by Gasteiger charge is 2.49. The molecule has 1 fully saturated rings. The number of methoxy groups -OCH3 is 2. The molecular formula is C23H24N2O5. The van der Waals surface area contributed by atoms with Gasteiger partial charge in [0.05, 0.1) is 26.3 Å². The maximum atomic E-state index is 13.2. The van der Waals surface area contributed by atoms with Crippen molar-refractivity contribution in [2.75, 3.05) is 20.8 Å². The number of aryl methyl sites for hydroxylation is 2. The van der Waals surface area contributed by atoms with Gasteiger partial charge in [-0.25, -0.2) is 4.79 Å². The van der Waals surface area contributed by atoms with E-state index in [1.54, 1.807) is 25.1 Å². The highest BCUT2D eigenvalue weighted by molar-refractivity contribution is 6.11. The molecule has 0 saturated carbocycles. The molecule has 0 aromatic heterocycles. The monoisotopic (exact) mass is 408 g/mol. The third-order valence-electron chi connectivity index (χ3n) is 5.96. The van der Waals surface area contributed by atoms with E-state index in [-0.39, 0.29) is 12.1 Å². The number of carbonyl (C=O) groups excluding carboxylic acids is 3. The number of hydrogen-bond donors (Lipinski definition) is 1. The van der Waals surface area contributed by atoms with Crippen molar-refractivity contribution in [2.45, 2.75) is 31.7 Å². The fraction of sp³-hybridized carbons (Fsp3) is 0.348. The summed E-state index contributed by atoms with van der Waals surface area (Å²) in [7, 11) is 2.95. The van der Waals surface area contributed by atoms with E-state index in [9.17, 15) is 14.4 Å². The summed E-state index contributed by atoms with van der Waals surface area (Å²) in [4.78, 5) is 39.8. The van der Waals surface area contributed by atoms with Gasteiger partial charge in [0.1, 0.15) is 17.0 Å². The first-order valence-corrected chi connectivity index (χ1v) is 9.89. The summed E-state index contributed by atoms with van der Waals surface area (Å²) in [6, 6.07) is 10.2. The van der Waals surface area contributed by atoms with E-state index in [2.05, 4.69) is 5.32 Å². The van der Waals surface area contributed by atoms with Gasteiger partial charge in [-0.3, -0.25) is 14.5 Å². The molecule has 2 aromatic rings. The highest BCUT2D eigenvalue weighted by Crippen LogP contribution is 2.33. The summed E-state index contributed by atoms with van der Waals surface area (Å²) in [6.07, 6.45) is 3.10. The Balaban J connectivity index is 1.60. The van der Waals surface area contributed by atoms with Gasteiger partial charge in [-0.15, -0.1) is 0 Å². The van der Waals surface area contributed by atoms with E-state index in [1.807, 2.05) is 18.2 Å². The van der Waals surface area contributed by atoms with Crippen LogP contribution in [0.3, 0.4) is 0 Å². The minimum atomic E-state index is -1.20. The Labute approximate surface area is 175 Å². The molecule has 1 saturated heterocycles. The average molecular weight is 408 g/mol. The third kappa shape index (κ3) is 3.20. The number of imide groups is 1. The summed E-state index contributed by atoms with van der Waals surface area (Å²) >= 11 is 0. The van der Waals surface area contributed by atoms with E-state index in [1.165, 1.54) is 25.3 Å². The van der Waals surface area contributed by atoms with E-state index < -0.39 is 23.3 Å². The molecule has 1 N–H and O–H groups in total. The van der Waals surface area contributed by atoms with Crippen LogP contribution in [0.2, 0.25) is 0 Å². The highest BCUT2D eigenvalue weighted by atomic mass is 16.5. The fourth-order valence-electron chi connectivity index (χ4n) is 4.18. The Bertz CT molecular complexity index is 1050. The van der Waals surface area contributed by atoms with Crippen molar-refractivity contribution in [3.05, 3.63) is 58.7 Å². The summed E-state index contributed by atoms with van der Waals surface area (Å²) in [5.41, 5.74) is 2.29. The smallest absolute Gasteiger partial charge is 0.325 e. The molecule has 1 heterocycles. The first-order valence-electron chi connectivity index (χ1n) is 9.89. The van der Waals surface area contributed by atoms with Crippen LogP contribution >= 0.6 is 0 Å². The number of hydrogen-bond acceptors (Lipinski definition) is 5. The molecule has 2 aliphatic rings. The van der Waals surface area contributed by atoms with Gasteiger partial charge in [-0.05, 0) is 61.1 Å². The molecule has 156 valence electrons. The van der Waals surface area contributed by atoms with Crippen molar-refractivity contribution in [3.63, 3.8) is 0 Å². The number of amides is 3. The van der Waals surface area contributed by atoms with Gasteiger partial charge in [-0.1, -0.05) is 18.2 Å². The summed E-state index contributed by atoms with van der Waals surface area (Å²) < 4.78 is 10.4. The third-order valence-corrected chi connectivity index (χ3v) is 5.96. The lowest BCUT2D eigenvalue weighted by atomic mass is 9.89. The van der Waals surface area contributed by atoms with Crippen LogP contribution in [-0.4, -0.2) is 43.4 Å². The standard InChI is InChI=1S/C23H24N2O5/c1-23(16-8-7-14-5-4-6-15(14)11-16)21(27)25(22(28)24-23)13-19(26)18-12-17(29-2)9-10-20(18)30-3/h7-12H,4-6,13H2,1-3H3,(H,24,28)/t23-/m1/s1. The lowest BCUT2D eigenvalue weighted by molar-refractivity contribution is -0.130. The molecule has 7 heteroatoms. The predicted molar refractivity (Wildman–Crippen MR) is 110 cm³/mol. The van der Waals surface area contributed by atoms with Gasteiger partial charge >= 0.3 is 6.03 Å². The van der Waals surface area contributed by atoms with E-state index >= 15 is 0 Å². The second kappa shape index (κ2) is 7.48. The zero-order valence-electron chi connectivity index (χ0n) is 17.3. The quantitative estimate of drug-likeness (QED) is 0.587. The molecule has 0 radical (unpaired) electrons. The molecule has 2 aromatic carbocycles. The molecule has 3 amide bonds. The van der Waals surface area contributed by atoms with Crippen LogP contribution in [0.4, 0.5) is 4.79 Å². The Morgan fingerprint density at radius 2 is 1.83 bits per heavy atom. The molecule has 0 bridgehead atoms. The number of benzene rings is 2. The van der Waals surface area contributed by atoms with Crippen molar-refractivity contribution in [2.24, 2.45) is 0 Å². The zero-order valence-corrected chi connectivity index (χ0v) is 17.3. The number of fused-ring (bicyclic) bond motifs is 1. The number of rotatable bonds is 6. The Hall–Kier alpha value is -3.35. The van der Waals surface area contributed by atoms with E-state index in [0.717, 1.165) is 29.7 Å². The van der Waals surface area contributed by atoms with Crippen molar-refractivity contribution in [3.8, 4) is 11.5 Å². The van der Waals surface area contributed by atoms with Crippen LogP contribution in [0.1, 0.15) is 40.4 Å². The van der Waals surface area contributed by atoms with Gasteiger partial charge in [0.15, 0.2) is 5.78 Å². The van der Waals surface area contributed by atoms with Gasteiger partial charge in [-0.2, -0.15) is 0 Å². The molecule has 30 heavy (non-hydrogen) atoms. The van der Waals surface area contributed by atoms with Crippen molar-refractivity contribution < 1.29 is 23.9 Å². The minimum Gasteiger partial charge on any atom is -0.497 e. The van der Waals surface area contributed by atoms with Gasteiger partial charge in [0.25, 0.3) is 5.91 Å². The van der Waals surface area contributed by atoms with Crippen molar-refractivity contribution >= 4 is 17.7 Å². The minimum absolute atomic E-state index is 0.253. The molecule has 1 aliphatic heterocycles. The number of Topliss-reactive ketones (excluding diaryl/α,β-unsaturated/α-hetero) is 1. The van der Waals surface area contributed by atoms with E-state index in [0.29, 0.717) is 11.5 Å². The van der Waals surface area contributed by atoms with Crippen LogP contribution < -0.4 is 14.8 Å². The van der Waals surface area contributed by atoms with Gasteiger partial charge in [0.2, 0.25) is 0 Å². The second-order valence-corrected chi connectivity index (χ2v) is 7.77. The van der Waals surface area contributed by atoms with Crippen LogP contribution in [0, 0.1) is 0 Å². The first kappa shape index (κ1) is 19.9. The molecule has 4 rings (SSSR count). The predicted octanol–water partition coefficient (Wildman–Crippen LogP) is 2.84. The molecule has 1 atom stereocenters. The van der Waals surface area contributed by atoms with Crippen LogP contribution in [0.25, 0.3) is 0 Å². The molecule has 7 nitrogen and oxygen atoms in total. The SMILES string of the molecule is COc1ccc(OC)c(C(=O)CN2C(=O)N[C@](C)(c3ccc4c(c3)CCC4)C2=O)c1. The zero-order chi connectivity index (χ0) is 21.5. The fourth-order valence-corrected chi connectivity index (χ4v) is 4.18. The molecule has 1 aliphatic carbocycles. The maximum absolute atomic E-state index is 13.2. The van der Waals surface area contributed by atoms with Crippen molar-refractivity contribution in [1.82, 2.24) is 10.2 Å². The Morgan fingerprint density at radius 1 is 1.07 bits per heavy atom. The average Bonchev–Trinajstić information content (AvgIpc) is 3.31. The van der Waals surface area contributed by atoms with Crippen LogP contribution in [-0.2, 0) is 23.2 Å². The Kier molecular flexibility index (Phi) is 4.97. The number of urea groups is 1. The molecule has 0 spiro atoms. The summed E-state index contributed by atoms with van der Waals surface area (Å²) in [5, 5.41) is 2.77. The summed E-state index contributed by atoms with van der Waals surface area (Å²) in [6.45, 7) is 1.30. The van der Waals surface area contributed by atoms with Crippen LogP contribution in [0.5, 0.6) is 11.5 Å². The van der Waals surface area contributed by atoms with Gasteiger partial charge < -0.3 is 14.8 Å². The Morgan fingerprint density at radius 3 is 2.57 bits per heavy atom. The first-order chi connectivity index (χ1) is 14.4. The maximum Gasteiger partial charge on any atom is 0.325 e. The molecule has 0 unspecified atom stereocenters.